The molecule has 2 atom stereocenters. The first kappa shape index (κ1) is 21.7. The monoisotopic (exact) mass is 437 g/mol. The van der Waals surface area contributed by atoms with Crippen LogP contribution in [-0.4, -0.2) is 89.3 Å². The Morgan fingerprint density at radius 2 is 1.91 bits per heavy atom. The number of likely N-dealkylation sites (tertiary alicyclic amines) is 2. The van der Waals surface area contributed by atoms with E-state index in [9.17, 15) is 14.4 Å². The third-order valence-electron chi connectivity index (χ3n) is 6.22. The fourth-order valence-electron chi connectivity index (χ4n) is 4.67. The summed E-state index contributed by atoms with van der Waals surface area (Å²) in [5.74, 6) is -0.0110. The molecule has 0 radical (unpaired) electrons. The largest absolute Gasteiger partial charge is 0.484 e. The van der Waals surface area contributed by atoms with Crippen molar-refractivity contribution in [3.05, 3.63) is 54.1 Å². The molecule has 9 heteroatoms. The van der Waals surface area contributed by atoms with Crippen LogP contribution in [0.25, 0.3) is 0 Å². The molecule has 2 fully saturated rings. The molecule has 168 valence electrons. The van der Waals surface area contributed by atoms with Gasteiger partial charge in [-0.15, -0.1) is 0 Å². The molecule has 0 unspecified atom stereocenters. The predicted octanol–water partition coefficient (Wildman–Crippen LogP) is 0.853. The van der Waals surface area contributed by atoms with Crippen molar-refractivity contribution in [2.45, 2.75) is 6.92 Å². The van der Waals surface area contributed by atoms with Crippen LogP contribution in [0.1, 0.15) is 16.1 Å². The molecule has 0 bridgehead atoms. The lowest BCUT2D eigenvalue weighted by molar-refractivity contribution is -0.140. The third kappa shape index (κ3) is 4.02. The van der Waals surface area contributed by atoms with E-state index in [1.165, 1.54) is 18.6 Å². The summed E-state index contributed by atoms with van der Waals surface area (Å²) in [4.78, 5) is 52.0. The lowest BCUT2D eigenvalue weighted by Gasteiger charge is -2.30. The third-order valence-corrected chi connectivity index (χ3v) is 6.22. The van der Waals surface area contributed by atoms with Gasteiger partial charge in [0.15, 0.2) is 6.61 Å². The molecule has 0 N–H and O–H groups in total. The molecule has 9 nitrogen and oxygen atoms in total. The van der Waals surface area contributed by atoms with E-state index in [1.807, 2.05) is 31.2 Å². The fourth-order valence-corrected chi connectivity index (χ4v) is 4.67. The van der Waals surface area contributed by atoms with Gasteiger partial charge in [0.25, 0.3) is 11.8 Å². The molecule has 0 spiro atoms. The number of nitrogens with zero attached hydrogens (tertiary/aromatic N) is 5. The van der Waals surface area contributed by atoms with Gasteiger partial charge in [0.1, 0.15) is 11.4 Å². The minimum Gasteiger partial charge on any atom is -0.484 e. The van der Waals surface area contributed by atoms with Crippen LogP contribution in [-0.2, 0) is 9.59 Å². The smallest absolute Gasteiger partial charge is 0.274 e. The number of fused-ring (bicyclic) bond motifs is 1. The molecule has 3 amide bonds. The van der Waals surface area contributed by atoms with Crippen LogP contribution in [0.3, 0.4) is 0 Å². The molecule has 1 aromatic carbocycles. The summed E-state index contributed by atoms with van der Waals surface area (Å²) in [6.07, 6.45) is 4.41. The standard InChI is InChI=1S/C23H27N5O4/c1-16-5-4-6-18(9-16)32-13-20(29)27-11-17-12-28(21(30)19-10-24-7-8-25-19)15-23(17,14-27)22(31)26(2)3/h4-10,17H,11-15H2,1-3H3/t17-,23-/m1/s1. The van der Waals surface area contributed by atoms with Crippen LogP contribution in [0.15, 0.2) is 42.9 Å². The van der Waals surface area contributed by atoms with Gasteiger partial charge in [-0.05, 0) is 24.6 Å². The summed E-state index contributed by atoms with van der Waals surface area (Å²) in [6.45, 7) is 3.16. The molecular formula is C23H27N5O4. The lowest BCUT2D eigenvalue weighted by atomic mass is 9.80. The summed E-state index contributed by atoms with van der Waals surface area (Å²) in [5.41, 5.74) is 0.467. The van der Waals surface area contributed by atoms with E-state index in [4.69, 9.17) is 4.74 Å². The minimum absolute atomic E-state index is 0.0770. The Hall–Kier alpha value is -3.49. The van der Waals surface area contributed by atoms with Crippen molar-refractivity contribution in [1.82, 2.24) is 24.7 Å². The van der Waals surface area contributed by atoms with E-state index in [1.54, 1.807) is 28.8 Å². The molecule has 0 aliphatic carbocycles. The van der Waals surface area contributed by atoms with Crippen molar-refractivity contribution >= 4 is 17.7 Å². The van der Waals surface area contributed by atoms with Crippen molar-refractivity contribution in [2.75, 3.05) is 46.9 Å². The maximum absolute atomic E-state index is 13.2. The number of aryl methyl sites for hydroxylation is 1. The number of carbonyl (C=O) groups excluding carboxylic acids is 3. The Balaban J connectivity index is 1.48. The molecule has 2 aliphatic rings. The highest BCUT2D eigenvalue weighted by molar-refractivity contribution is 5.94. The number of benzene rings is 1. The maximum atomic E-state index is 13.2. The van der Waals surface area contributed by atoms with Crippen LogP contribution in [0, 0.1) is 18.3 Å². The van der Waals surface area contributed by atoms with Crippen molar-refractivity contribution in [3.8, 4) is 5.75 Å². The highest BCUT2D eigenvalue weighted by Gasteiger charge is 2.59. The molecular weight excluding hydrogens is 410 g/mol. The first-order valence-corrected chi connectivity index (χ1v) is 10.5. The van der Waals surface area contributed by atoms with Gasteiger partial charge >= 0.3 is 0 Å². The SMILES string of the molecule is Cc1cccc(OCC(=O)N2C[C@@H]3CN(C(=O)c4cnccn4)C[C@]3(C(=O)N(C)C)C2)c1. The van der Waals surface area contributed by atoms with Crippen molar-refractivity contribution in [3.63, 3.8) is 0 Å². The first-order chi connectivity index (χ1) is 15.3. The second-order valence-corrected chi connectivity index (χ2v) is 8.71. The van der Waals surface area contributed by atoms with E-state index in [0.29, 0.717) is 18.8 Å². The van der Waals surface area contributed by atoms with Gasteiger partial charge in [-0.2, -0.15) is 0 Å². The Bertz CT molecular complexity index is 1030. The Morgan fingerprint density at radius 1 is 1.16 bits per heavy atom. The first-order valence-electron chi connectivity index (χ1n) is 10.5. The van der Waals surface area contributed by atoms with Crippen molar-refractivity contribution in [2.24, 2.45) is 11.3 Å². The number of hydrogen-bond acceptors (Lipinski definition) is 6. The highest BCUT2D eigenvalue weighted by atomic mass is 16.5. The van der Waals surface area contributed by atoms with Crippen LogP contribution < -0.4 is 4.74 Å². The van der Waals surface area contributed by atoms with Gasteiger partial charge in [-0.1, -0.05) is 12.1 Å². The van der Waals surface area contributed by atoms with Gasteiger partial charge < -0.3 is 19.4 Å². The lowest BCUT2D eigenvalue weighted by Crippen LogP contribution is -2.48. The average Bonchev–Trinajstić information content (AvgIpc) is 3.32. The average molecular weight is 438 g/mol. The second kappa shape index (κ2) is 8.57. The summed E-state index contributed by atoms with van der Waals surface area (Å²) in [7, 11) is 3.40. The molecule has 2 aromatic rings. The van der Waals surface area contributed by atoms with E-state index in [-0.39, 0.29) is 49.0 Å². The Kier molecular flexibility index (Phi) is 5.82. The summed E-state index contributed by atoms with van der Waals surface area (Å²) >= 11 is 0. The Morgan fingerprint density at radius 3 is 2.59 bits per heavy atom. The van der Waals surface area contributed by atoms with Gasteiger partial charge in [-0.25, -0.2) is 4.98 Å². The van der Waals surface area contributed by atoms with Crippen molar-refractivity contribution < 1.29 is 19.1 Å². The van der Waals surface area contributed by atoms with Gasteiger partial charge in [0.05, 0.1) is 11.6 Å². The number of aromatic nitrogens is 2. The molecule has 32 heavy (non-hydrogen) atoms. The van der Waals surface area contributed by atoms with Gasteiger partial charge in [0, 0.05) is 58.6 Å². The zero-order chi connectivity index (χ0) is 22.9. The summed E-state index contributed by atoms with van der Waals surface area (Å²) < 4.78 is 5.67. The molecule has 3 heterocycles. The van der Waals surface area contributed by atoms with Gasteiger partial charge in [0.2, 0.25) is 5.91 Å². The quantitative estimate of drug-likeness (QED) is 0.688. The minimum atomic E-state index is -0.833. The van der Waals surface area contributed by atoms with E-state index in [2.05, 4.69) is 9.97 Å². The van der Waals surface area contributed by atoms with Gasteiger partial charge in [-0.3, -0.25) is 19.4 Å². The number of hydrogen-bond donors (Lipinski definition) is 0. The van der Waals surface area contributed by atoms with E-state index >= 15 is 0 Å². The molecule has 2 saturated heterocycles. The predicted molar refractivity (Wildman–Crippen MR) is 116 cm³/mol. The molecule has 0 saturated carbocycles. The van der Waals surface area contributed by atoms with Crippen LogP contribution in [0.2, 0.25) is 0 Å². The fraction of sp³-hybridized carbons (Fsp3) is 0.435. The zero-order valence-corrected chi connectivity index (χ0v) is 18.5. The zero-order valence-electron chi connectivity index (χ0n) is 18.5. The second-order valence-electron chi connectivity index (χ2n) is 8.71. The summed E-state index contributed by atoms with van der Waals surface area (Å²) in [6, 6.07) is 7.52. The molecule has 4 rings (SSSR count). The van der Waals surface area contributed by atoms with Crippen LogP contribution >= 0.6 is 0 Å². The summed E-state index contributed by atoms with van der Waals surface area (Å²) in [5, 5.41) is 0. The van der Waals surface area contributed by atoms with E-state index < -0.39 is 5.41 Å². The number of rotatable bonds is 5. The number of ether oxygens (including phenoxy) is 1. The van der Waals surface area contributed by atoms with Crippen LogP contribution in [0.5, 0.6) is 5.75 Å². The van der Waals surface area contributed by atoms with Crippen molar-refractivity contribution in [1.29, 1.82) is 0 Å². The number of amides is 3. The molecule has 1 aromatic heterocycles. The topological polar surface area (TPSA) is 95.9 Å². The normalized spacial score (nSPS) is 21.9. The maximum Gasteiger partial charge on any atom is 0.274 e. The Labute approximate surface area is 187 Å². The highest BCUT2D eigenvalue weighted by Crippen LogP contribution is 2.44. The van der Waals surface area contributed by atoms with E-state index in [0.717, 1.165) is 5.56 Å². The molecule has 2 aliphatic heterocycles. The van der Waals surface area contributed by atoms with Crippen LogP contribution in [0.4, 0.5) is 0 Å². The number of carbonyl (C=O) groups is 3.